The molecule has 0 bridgehead atoms. The summed E-state index contributed by atoms with van der Waals surface area (Å²) in [5.74, 6) is 0.762. The first-order valence-electron chi connectivity index (χ1n) is 5.18. The fraction of sp³-hybridized carbons (Fsp3) is 0.778. The summed E-state index contributed by atoms with van der Waals surface area (Å²) < 4.78 is 44.5. The molecule has 0 unspecified atom stereocenters. The number of nitrogens with zero attached hydrogens (tertiary/aromatic N) is 2. The molecule has 17 heavy (non-hydrogen) atoms. The van der Waals surface area contributed by atoms with Crippen molar-refractivity contribution in [2.24, 2.45) is 0 Å². The van der Waals surface area contributed by atoms with Crippen molar-refractivity contribution in [1.29, 1.82) is 0 Å². The molecule has 5 nitrogen and oxygen atoms in total. The molecule has 0 saturated carbocycles. The maximum absolute atomic E-state index is 11.7. The van der Waals surface area contributed by atoms with Gasteiger partial charge >= 0.3 is 6.18 Å². The van der Waals surface area contributed by atoms with E-state index >= 15 is 0 Å². The van der Waals surface area contributed by atoms with Gasteiger partial charge in [-0.15, -0.1) is 0 Å². The van der Waals surface area contributed by atoms with Gasteiger partial charge < -0.3 is 14.6 Å². The highest BCUT2D eigenvalue weighted by Gasteiger charge is 2.27. The van der Waals surface area contributed by atoms with Crippen LogP contribution in [0.3, 0.4) is 0 Å². The van der Waals surface area contributed by atoms with Gasteiger partial charge in [-0.3, -0.25) is 0 Å². The summed E-state index contributed by atoms with van der Waals surface area (Å²) in [6.07, 6.45) is -4.10. The third-order valence-electron chi connectivity index (χ3n) is 1.77. The van der Waals surface area contributed by atoms with E-state index in [-0.39, 0.29) is 13.0 Å². The summed E-state index contributed by atoms with van der Waals surface area (Å²) in [7, 11) is 0. The Hall–Kier alpha value is -1.15. The summed E-state index contributed by atoms with van der Waals surface area (Å²) in [5.41, 5.74) is 0. The van der Waals surface area contributed by atoms with Crippen LogP contribution < -0.4 is 5.32 Å². The summed E-state index contributed by atoms with van der Waals surface area (Å²) in [5, 5.41) is 6.60. The van der Waals surface area contributed by atoms with Crippen molar-refractivity contribution >= 4 is 0 Å². The van der Waals surface area contributed by atoms with E-state index in [4.69, 9.17) is 4.52 Å². The summed E-state index contributed by atoms with van der Waals surface area (Å²) in [6, 6.07) is 0. The summed E-state index contributed by atoms with van der Waals surface area (Å²) in [6.45, 7) is 1.82. The molecule has 1 heterocycles. The van der Waals surface area contributed by atoms with Crippen molar-refractivity contribution in [3.05, 3.63) is 11.7 Å². The highest BCUT2D eigenvalue weighted by Crippen LogP contribution is 2.14. The van der Waals surface area contributed by atoms with Crippen molar-refractivity contribution in [2.75, 3.05) is 19.8 Å². The molecule has 0 spiro atoms. The Morgan fingerprint density at radius 1 is 1.41 bits per heavy atom. The lowest BCUT2D eigenvalue weighted by atomic mass is 10.4. The van der Waals surface area contributed by atoms with Crippen LogP contribution in [-0.4, -0.2) is 36.1 Å². The van der Waals surface area contributed by atoms with E-state index in [1.54, 1.807) is 0 Å². The van der Waals surface area contributed by atoms with Crippen molar-refractivity contribution in [2.45, 2.75) is 26.1 Å². The van der Waals surface area contributed by atoms with Crippen LogP contribution in [0.1, 0.15) is 18.6 Å². The number of hydrogen-bond acceptors (Lipinski definition) is 5. The predicted molar refractivity (Wildman–Crippen MR) is 52.3 cm³/mol. The Kier molecular flexibility index (Phi) is 5.36. The minimum Gasteiger partial charge on any atom is -0.372 e. The smallest absolute Gasteiger partial charge is 0.372 e. The SMILES string of the molecule is CCNCc1nc(CCOCC(F)(F)F)no1. The Morgan fingerprint density at radius 2 is 2.18 bits per heavy atom. The molecule has 1 aromatic heterocycles. The molecule has 0 saturated heterocycles. The average molecular weight is 253 g/mol. The molecular formula is C9H14F3N3O2. The zero-order valence-corrected chi connectivity index (χ0v) is 9.38. The van der Waals surface area contributed by atoms with Crippen LogP contribution in [0.5, 0.6) is 0 Å². The molecule has 0 aliphatic rings. The second kappa shape index (κ2) is 6.55. The maximum atomic E-state index is 11.7. The third kappa shape index (κ3) is 6.22. The Morgan fingerprint density at radius 3 is 2.82 bits per heavy atom. The Bertz CT molecular complexity index is 328. The number of aromatic nitrogens is 2. The molecule has 1 aromatic rings. The van der Waals surface area contributed by atoms with Crippen LogP contribution >= 0.6 is 0 Å². The van der Waals surface area contributed by atoms with Crippen LogP contribution in [0.25, 0.3) is 0 Å². The van der Waals surface area contributed by atoms with Crippen molar-refractivity contribution in [1.82, 2.24) is 15.5 Å². The summed E-state index contributed by atoms with van der Waals surface area (Å²) >= 11 is 0. The average Bonchev–Trinajstić information content (AvgIpc) is 2.68. The van der Waals surface area contributed by atoms with Gasteiger partial charge in [-0.05, 0) is 6.54 Å². The van der Waals surface area contributed by atoms with Crippen LogP contribution in [0.4, 0.5) is 13.2 Å². The van der Waals surface area contributed by atoms with Gasteiger partial charge in [-0.2, -0.15) is 18.2 Å². The van der Waals surface area contributed by atoms with Gasteiger partial charge in [0.15, 0.2) is 5.82 Å². The van der Waals surface area contributed by atoms with Gasteiger partial charge in [-0.1, -0.05) is 12.1 Å². The lowest BCUT2D eigenvalue weighted by Gasteiger charge is -2.05. The van der Waals surface area contributed by atoms with Crippen molar-refractivity contribution in [3.63, 3.8) is 0 Å². The molecule has 0 fully saturated rings. The lowest BCUT2D eigenvalue weighted by molar-refractivity contribution is -0.173. The minimum absolute atomic E-state index is 0.0836. The first kappa shape index (κ1) is 13.9. The molecule has 0 radical (unpaired) electrons. The van der Waals surface area contributed by atoms with Gasteiger partial charge in [0.1, 0.15) is 6.61 Å². The Balaban J connectivity index is 2.21. The van der Waals surface area contributed by atoms with Gasteiger partial charge in [0.25, 0.3) is 0 Å². The van der Waals surface area contributed by atoms with Crippen molar-refractivity contribution in [3.8, 4) is 0 Å². The molecule has 0 aromatic carbocycles. The van der Waals surface area contributed by atoms with E-state index in [1.165, 1.54) is 0 Å². The van der Waals surface area contributed by atoms with E-state index < -0.39 is 12.8 Å². The van der Waals surface area contributed by atoms with Gasteiger partial charge in [-0.25, -0.2) is 0 Å². The molecule has 1 rings (SSSR count). The lowest BCUT2D eigenvalue weighted by Crippen LogP contribution is -2.18. The van der Waals surface area contributed by atoms with E-state index in [0.29, 0.717) is 18.3 Å². The highest BCUT2D eigenvalue weighted by molar-refractivity contribution is 4.86. The molecule has 0 amide bonds. The largest absolute Gasteiger partial charge is 0.411 e. The monoisotopic (exact) mass is 253 g/mol. The number of alkyl halides is 3. The second-order valence-corrected chi connectivity index (χ2v) is 3.30. The zero-order chi connectivity index (χ0) is 12.7. The molecular weight excluding hydrogens is 239 g/mol. The number of ether oxygens (including phenoxy) is 1. The number of hydrogen-bond donors (Lipinski definition) is 1. The van der Waals surface area contributed by atoms with Gasteiger partial charge in [0, 0.05) is 6.42 Å². The standard InChI is InChI=1S/C9H14F3N3O2/c1-2-13-5-8-14-7(15-17-8)3-4-16-6-9(10,11)12/h13H,2-6H2,1H3. The van der Waals surface area contributed by atoms with Crippen LogP contribution in [-0.2, 0) is 17.7 Å². The fourth-order valence-electron chi connectivity index (χ4n) is 1.05. The topological polar surface area (TPSA) is 60.2 Å². The van der Waals surface area contributed by atoms with E-state index in [0.717, 1.165) is 6.54 Å². The highest BCUT2D eigenvalue weighted by atomic mass is 19.4. The zero-order valence-electron chi connectivity index (χ0n) is 9.38. The van der Waals surface area contributed by atoms with E-state index in [2.05, 4.69) is 20.2 Å². The van der Waals surface area contributed by atoms with E-state index in [1.807, 2.05) is 6.92 Å². The molecule has 0 aliphatic carbocycles. The number of nitrogens with one attached hydrogen (secondary N) is 1. The normalized spacial score (nSPS) is 12.0. The maximum Gasteiger partial charge on any atom is 0.411 e. The quantitative estimate of drug-likeness (QED) is 0.742. The van der Waals surface area contributed by atoms with Crippen molar-refractivity contribution < 1.29 is 22.4 Å². The third-order valence-corrected chi connectivity index (χ3v) is 1.77. The van der Waals surface area contributed by atoms with Crippen LogP contribution in [0, 0.1) is 0 Å². The number of halogens is 3. The first-order valence-corrected chi connectivity index (χ1v) is 5.18. The summed E-state index contributed by atoms with van der Waals surface area (Å²) in [4.78, 5) is 3.98. The second-order valence-electron chi connectivity index (χ2n) is 3.30. The van der Waals surface area contributed by atoms with E-state index in [9.17, 15) is 13.2 Å². The molecule has 8 heteroatoms. The molecule has 0 atom stereocenters. The molecule has 0 aliphatic heterocycles. The number of rotatable bonds is 7. The molecule has 1 N–H and O–H groups in total. The fourth-order valence-corrected chi connectivity index (χ4v) is 1.05. The van der Waals surface area contributed by atoms with Gasteiger partial charge in [0.2, 0.25) is 5.89 Å². The predicted octanol–water partition coefficient (Wildman–Crippen LogP) is 1.30. The van der Waals surface area contributed by atoms with Gasteiger partial charge in [0.05, 0.1) is 13.2 Å². The minimum atomic E-state index is -4.30. The Labute approximate surface area is 96.3 Å². The first-order chi connectivity index (χ1) is 8.01. The molecule has 98 valence electrons. The van der Waals surface area contributed by atoms with Crippen LogP contribution in [0.2, 0.25) is 0 Å². The van der Waals surface area contributed by atoms with Crippen LogP contribution in [0.15, 0.2) is 4.52 Å².